The molecule has 0 radical (unpaired) electrons. The summed E-state index contributed by atoms with van der Waals surface area (Å²) in [7, 11) is 0. The molecule has 0 fully saturated rings. The lowest BCUT2D eigenvalue weighted by atomic mass is 10.1. The van der Waals surface area contributed by atoms with Gasteiger partial charge in [0.1, 0.15) is 18.1 Å². The number of nitrogens with one attached hydrogen (secondary N) is 3. The number of amides is 3. The highest BCUT2D eigenvalue weighted by Crippen LogP contribution is 2.07. The van der Waals surface area contributed by atoms with Crippen molar-refractivity contribution in [2.75, 3.05) is 25.1 Å². The first-order valence-corrected chi connectivity index (χ1v) is 13.4. The zero-order valence-electron chi connectivity index (χ0n) is 21.8. The van der Waals surface area contributed by atoms with Gasteiger partial charge < -0.3 is 54.8 Å². The molecular formula is C21H40N10O7S. The van der Waals surface area contributed by atoms with Crippen molar-refractivity contribution >= 4 is 53.3 Å². The second-order valence-electron chi connectivity index (χ2n) is 8.41. The lowest BCUT2D eigenvalue weighted by molar-refractivity contribution is -0.142. The van der Waals surface area contributed by atoms with Crippen LogP contribution >= 0.6 is 11.8 Å². The number of aliphatic imine (C=N–C) groups is 2. The van der Waals surface area contributed by atoms with Gasteiger partial charge in [-0.3, -0.25) is 29.2 Å². The van der Waals surface area contributed by atoms with Crippen LogP contribution in [0.25, 0.3) is 0 Å². The monoisotopic (exact) mass is 576 g/mol. The van der Waals surface area contributed by atoms with E-state index < -0.39 is 60.2 Å². The van der Waals surface area contributed by atoms with Gasteiger partial charge in [0, 0.05) is 13.1 Å². The first kappa shape index (κ1) is 35.2. The fraction of sp³-hybridized carbons (Fsp3) is 0.667. The Morgan fingerprint density at radius 3 is 1.62 bits per heavy atom. The number of aliphatic carboxylic acids is 2. The lowest BCUT2D eigenvalue weighted by Crippen LogP contribution is -2.57. The Bertz CT molecular complexity index is 894. The van der Waals surface area contributed by atoms with E-state index in [4.69, 9.17) is 33.8 Å². The average Bonchev–Trinajstić information content (AvgIpc) is 2.83. The predicted molar refractivity (Wildman–Crippen MR) is 146 cm³/mol. The van der Waals surface area contributed by atoms with Crippen molar-refractivity contribution in [3.63, 3.8) is 0 Å². The average molecular weight is 577 g/mol. The quantitative estimate of drug-likeness (QED) is 0.0378. The van der Waals surface area contributed by atoms with Crippen LogP contribution in [0.1, 0.15) is 38.5 Å². The van der Waals surface area contributed by atoms with Crippen molar-refractivity contribution < 1.29 is 34.2 Å². The van der Waals surface area contributed by atoms with Gasteiger partial charge in [-0.2, -0.15) is 11.8 Å². The van der Waals surface area contributed by atoms with Crippen LogP contribution < -0.4 is 44.6 Å². The van der Waals surface area contributed by atoms with E-state index in [2.05, 4.69) is 25.9 Å². The van der Waals surface area contributed by atoms with Crippen LogP contribution in [0.15, 0.2) is 9.98 Å². The molecular weight excluding hydrogens is 536 g/mol. The van der Waals surface area contributed by atoms with Gasteiger partial charge in [0.25, 0.3) is 0 Å². The molecule has 222 valence electrons. The van der Waals surface area contributed by atoms with Gasteiger partial charge in [-0.1, -0.05) is 0 Å². The van der Waals surface area contributed by atoms with Gasteiger partial charge in [0.2, 0.25) is 17.7 Å². The molecule has 0 rings (SSSR count). The number of guanidine groups is 2. The third kappa shape index (κ3) is 16.6. The SMILES string of the molecule is CSCCC(NC(=O)C(N)CC(=O)O)C(=O)NC(CCCN=C(N)N)C(=O)NC(CCCN=C(N)N)C(=O)O. The van der Waals surface area contributed by atoms with E-state index in [1.165, 1.54) is 11.8 Å². The summed E-state index contributed by atoms with van der Waals surface area (Å²) in [4.78, 5) is 68.6. The Kier molecular flexibility index (Phi) is 17.4. The van der Waals surface area contributed by atoms with Crippen molar-refractivity contribution in [1.82, 2.24) is 16.0 Å². The van der Waals surface area contributed by atoms with E-state index in [0.29, 0.717) is 5.75 Å². The molecule has 0 aliphatic heterocycles. The van der Waals surface area contributed by atoms with E-state index in [1.54, 1.807) is 6.26 Å². The second-order valence-corrected chi connectivity index (χ2v) is 9.39. The number of carbonyl (C=O) groups excluding carboxylic acids is 3. The van der Waals surface area contributed by atoms with Gasteiger partial charge in [0.15, 0.2) is 11.9 Å². The van der Waals surface area contributed by atoms with Crippen LogP contribution in [-0.2, 0) is 24.0 Å². The van der Waals surface area contributed by atoms with Crippen molar-refractivity contribution in [2.24, 2.45) is 38.7 Å². The minimum Gasteiger partial charge on any atom is -0.481 e. The molecule has 0 aliphatic rings. The third-order valence-corrected chi connectivity index (χ3v) is 5.76. The summed E-state index contributed by atoms with van der Waals surface area (Å²) in [6, 6.07) is -5.01. The summed E-state index contributed by atoms with van der Waals surface area (Å²) < 4.78 is 0. The summed E-state index contributed by atoms with van der Waals surface area (Å²) in [5, 5.41) is 25.7. The minimum atomic E-state index is -1.39. The maximum Gasteiger partial charge on any atom is 0.326 e. The summed E-state index contributed by atoms with van der Waals surface area (Å²) in [5.41, 5.74) is 26.7. The Morgan fingerprint density at radius 2 is 1.18 bits per heavy atom. The van der Waals surface area contributed by atoms with E-state index in [0.717, 1.165) is 0 Å². The van der Waals surface area contributed by atoms with Crippen LogP contribution in [-0.4, -0.2) is 101 Å². The molecule has 0 aromatic heterocycles. The highest BCUT2D eigenvalue weighted by atomic mass is 32.2. The molecule has 15 N–H and O–H groups in total. The lowest BCUT2D eigenvalue weighted by Gasteiger charge is -2.25. The van der Waals surface area contributed by atoms with Crippen molar-refractivity contribution in [2.45, 2.75) is 62.7 Å². The molecule has 4 unspecified atom stereocenters. The zero-order valence-corrected chi connectivity index (χ0v) is 22.6. The summed E-state index contributed by atoms with van der Waals surface area (Å²) in [6.45, 7) is 0.293. The predicted octanol–water partition coefficient (Wildman–Crippen LogP) is -3.81. The normalized spacial score (nSPS) is 13.6. The van der Waals surface area contributed by atoms with Gasteiger partial charge in [0.05, 0.1) is 12.5 Å². The van der Waals surface area contributed by atoms with Gasteiger partial charge in [-0.15, -0.1) is 0 Å². The Balaban J connectivity index is 5.62. The zero-order chi connectivity index (χ0) is 30.0. The summed E-state index contributed by atoms with van der Waals surface area (Å²) >= 11 is 1.40. The molecule has 3 amide bonds. The Morgan fingerprint density at radius 1 is 0.744 bits per heavy atom. The molecule has 4 atom stereocenters. The number of carboxylic acid groups (broad SMARTS) is 2. The molecule has 0 saturated carbocycles. The van der Waals surface area contributed by atoms with Crippen molar-refractivity contribution in [3.05, 3.63) is 0 Å². The van der Waals surface area contributed by atoms with Crippen LogP contribution in [0.3, 0.4) is 0 Å². The molecule has 18 heteroatoms. The summed E-state index contributed by atoms with van der Waals surface area (Å²) in [6.07, 6.45) is 1.87. The van der Waals surface area contributed by atoms with Crippen LogP contribution in [0.4, 0.5) is 0 Å². The number of hydrogen-bond acceptors (Lipinski definition) is 9. The van der Waals surface area contributed by atoms with Crippen LogP contribution in [0.2, 0.25) is 0 Å². The topological polar surface area (TPSA) is 317 Å². The highest BCUT2D eigenvalue weighted by Gasteiger charge is 2.30. The number of hydrogen-bond donors (Lipinski definition) is 10. The number of nitrogens with zero attached hydrogens (tertiary/aromatic N) is 2. The smallest absolute Gasteiger partial charge is 0.326 e. The van der Waals surface area contributed by atoms with Crippen LogP contribution in [0, 0.1) is 0 Å². The molecule has 39 heavy (non-hydrogen) atoms. The standard InChI is InChI=1S/C21H40N10O7S/c1-39-9-6-13(29-16(34)11(22)10-15(32)33)18(36)30-12(4-2-7-27-20(23)24)17(35)31-14(19(37)38)5-3-8-28-21(25)26/h11-14H,2-10,22H2,1H3,(H,29,34)(H,30,36)(H,31,35)(H,32,33)(H,37,38)(H4,23,24,27)(H4,25,26,28). The Labute approximate surface area is 230 Å². The fourth-order valence-electron chi connectivity index (χ4n) is 3.14. The van der Waals surface area contributed by atoms with E-state index >= 15 is 0 Å². The van der Waals surface area contributed by atoms with Gasteiger partial charge in [-0.05, 0) is 44.1 Å². The minimum absolute atomic E-state index is 0.0143. The maximum absolute atomic E-state index is 13.1. The molecule has 0 saturated heterocycles. The first-order chi connectivity index (χ1) is 18.3. The molecule has 0 heterocycles. The first-order valence-electron chi connectivity index (χ1n) is 12.0. The number of carboxylic acids is 2. The molecule has 0 spiro atoms. The number of nitrogens with two attached hydrogens (primary N) is 5. The molecule has 0 aromatic rings. The number of rotatable bonds is 20. The van der Waals surface area contributed by atoms with Crippen LogP contribution in [0.5, 0.6) is 0 Å². The van der Waals surface area contributed by atoms with Crippen molar-refractivity contribution in [1.29, 1.82) is 0 Å². The van der Waals surface area contributed by atoms with E-state index in [-0.39, 0.29) is 57.1 Å². The maximum atomic E-state index is 13.1. The van der Waals surface area contributed by atoms with E-state index in [9.17, 15) is 29.1 Å². The molecule has 17 nitrogen and oxygen atoms in total. The third-order valence-electron chi connectivity index (χ3n) is 5.11. The summed E-state index contributed by atoms with van der Waals surface area (Å²) in [5.74, 6) is -4.81. The second kappa shape index (κ2) is 19.3. The molecule has 0 aliphatic carbocycles. The molecule has 0 bridgehead atoms. The van der Waals surface area contributed by atoms with Crippen molar-refractivity contribution in [3.8, 4) is 0 Å². The van der Waals surface area contributed by atoms with E-state index in [1.807, 2.05) is 0 Å². The largest absolute Gasteiger partial charge is 0.481 e. The molecule has 0 aromatic carbocycles. The van der Waals surface area contributed by atoms with Gasteiger partial charge in [-0.25, -0.2) is 4.79 Å². The Hall–Kier alpha value is -3.80. The highest BCUT2D eigenvalue weighted by molar-refractivity contribution is 7.98. The number of carbonyl (C=O) groups is 5. The van der Waals surface area contributed by atoms with Gasteiger partial charge >= 0.3 is 11.9 Å². The fourth-order valence-corrected chi connectivity index (χ4v) is 3.61. The number of thioether (sulfide) groups is 1.